The summed E-state index contributed by atoms with van der Waals surface area (Å²) in [6.45, 7) is 7.01. The first-order chi connectivity index (χ1) is 5.19. The van der Waals surface area contributed by atoms with Crippen LogP contribution >= 0.6 is 12.4 Å². The Morgan fingerprint density at radius 2 is 1.69 bits per heavy atom. The van der Waals surface area contributed by atoms with Gasteiger partial charge in [-0.1, -0.05) is 0 Å². The first-order valence-electron chi connectivity index (χ1n) is 3.91. The molecule has 0 aromatic carbocycles. The normalized spacial score (nSPS) is 15.5. The maximum atomic E-state index is 11.3. The van der Waals surface area contributed by atoms with E-state index in [1.54, 1.807) is 27.7 Å². The smallest absolute Gasteiger partial charge is 0.327 e. The monoisotopic (exact) mass is 210 g/mol. The van der Waals surface area contributed by atoms with Gasteiger partial charge in [-0.05, 0) is 27.7 Å². The molecule has 5 heteroatoms. The molecule has 1 atom stereocenters. The van der Waals surface area contributed by atoms with Crippen molar-refractivity contribution in [2.24, 2.45) is 11.5 Å². The molecule has 0 rings (SSSR count). The van der Waals surface area contributed by atoms with Crippen molar-refractivity contribution in [2.75, 3.05) is 6.54 Å². The molecule has 80 valence electrons. The Morgan fingerprint density at radius 1 is 1.31 bits per heavy atom. The fraction of sp³-hybridized carbons (Fsp3) is 0.875. The second kappa shape index (κ2) is 4.79. The van der Waals surface area contributed by atoms with Crippen molar-refractivity contribution in [3.63, 3.8) is 0 Å². The summed E-state index contributed by atoms with van der Waals surface area (Å²) in [7, 11) is 0. The van der Waals surface area contributed by atoms with Gasteiger partial charge in [-0.3, -0.25) is 0 Å². The van der Waals surface area contributed by atoms with Gasteiger partial charge in [0.05, 0.1) is 0 Å². The molecular formula is C8H19ClN2O2. The van der Waals surface area contributed by atoms with Gasteiger partial charge in [0.1, 0.15) is 11.1 Å². The average molecular weight is 211 g/mol. The van der Waals surface area contributed by atoms with Gasteiger partial charge < -0.3 is 16.2 Å². The van der Waals surface area contributed by atoms with E-state index < -0.39 is 17.1 Å². The van der Waals surface area contributed by atoms with Crippen LogP contribution in [0.25, 0.3) is 0 Å². The largest absolute Gasteiger partial charge is 0.459 e. The molecule has 0 amide bonds. The van der Waals surface area contributed by atoms with Crippen molar-refractivity contribution in [1.82, 2.24) is 0 Å². The van der Waals surface area contributed by atoms with E-state index in [4.69, 9.17) is 16.2 Å². The molecule has 0 bridgehead atoms. The maximum absolute atomic E-state index is 11.3. The maximum Gasteiger partial charge on any atom is 0.327 e. The molecule has 0 aliphatic rings. The minimum Gasteiger partial charge on any atom is -0.459 e. The highest BCUT2D eigenvalue weighted by Gasteiger charge is 2.31. The molecule has 13 heavy (non-hydrogen) atoms. The molecule has 1 unspecified atom stereocenters. The third-order valence-electron chi connectivity index (χ3n) is 1.29. The highest BCUT2D eigenvalue weighted by Crippen LogP contribution is 2.11. The van der Waals surface area contributed by atoms with Crippen LogP contribution in [0.5, 0.6) is 0 Å². The highest BCUT2D eigenvalue weighted by atomic mass is 35.5. The predicted molar refractivity (Wildman–Crippen MR) is 54.7 cm³/mol. The topological polar surface area (TPSA) is 78.3 Å². The summed E-state index contributed by atoms with van der Waals surface area (Å²) >= 11 is 0. The summed E-state index contributed by atoms with van der Waals surface area (Å²) in [4.78, 5) is 11.3. The summed E-state index contributed by atoms with van der Waals surface area (Å²) in [5, 5.41) is 0. The summed E-state index contributed by atoms with van der Waals surface area (Å²) in [6.07, 6.45) is 0. The lowest BCUT2D eigenvalue weighted by molar-refractivity contribution is -0.160. The third kappa shape index (κ3) is 5.85. The van der Waals surface area contributed by atoms with Gasteiger partial charge in [0.2, 0.25) is 0 Å². The molecule has 0 saturated heterocycles. The Bertz CT molecular complexity index is 175. The van der Waals surface area contributed by atoms with Crippen LogP contribution in [0.15, 0.2) is 0 Å². The molecule has 0 heterocycles. The van der Waals surface area contributed by atoms with Gasteiger partial charge in [0.15, 0.2) is 0 Å². The van der Waals surface area contributed by atoms with Crippen LogP contribution in [-0.2, 0) is 9.53 Å². The van der Waals surface area contributed by atoms with Crippen LogP contribution in [-0.4, -0.2) is 23.7 Å². The number of halogens is 1. The zero-order valence-corrected chi connectivity index (χ0v) is 9.40. The van der Waals surface area contributed by atoms with Crippen molar-refractivity contribution in [2.45, 2.75) is 38.8 Å². The molecule has 0 aliphatic carbocycles. The van der Waals surface area contributed by atoms with Crippen molar-refractivity contribution in [3.8, 4) is 0 Å². The first kappa shape index (κ1) is 15.2. The molecule has 4 nitrogen and oxygen atoms in total. The molecule has 0 fully saturated rings. The predicted octanol–water partition coefficient (Wildman–Crippen LogP) is 0.426. The lowest BCUT2D eigenvalue weighted by Crippen LogP contribution is -2.53. The first-order valence-corrected chi connectivity index (χ1v) is 3.91. The van der Waals surface area contributed by atoms with E-state index in [1.807, 2.05) is 0 Å². The van der Waals surface area contributed by atoms with Gasteiger partial charge in [-0.2, -0.15) is 0 Å². The third-order valence-corrected chi connectivity index (χ3v) is 1.29. The van der Waals surface area contributed by atoms with Crippen molar-refractivity contribution in [1.29, 1.82) is 0 Å². The van der Waals surface area contributed by atoms with E-state index in [2.05, 4.69) is 0 Å². The molecule has 0 aromatic rings. The van der Waals surface area contributed by atoms with E-state index >= 15 is 0 Å². The van der Waals surface area contributed by atoms with E-state index in [9.17, 15) is 4.79 Å². The number of carbonyl (C=O) groups is 1. The van der Waals surface area contributed by atoms with Gasteiger partial charge in [-0.15, -0.1) is 12.4 Å². The van der Waals surface area contributed by atoms with Crippen LogP contribution in [0.4, 0.5) is 0 Å². The lowest BCUT2D eigenvalue weighted by atomic mass is 10.0. The minimum atomic E-state index is -1.08. The van der Waals surface area contributed by atoms with Gasteiger partial charge in [0.25, 0.3) is 0 Å². The quantitative estimate of drug-likeness (QED) is 0.648. The van der Waals surface area contributed by atoms with Crippen LogP contribution in [0, 0.1) is 0 Å². The van der Waals surface area contributed by atoms with Gasteiger partial charge >= 0.3 is 5.97 Å². The fourth-order valence-corrected chi connectivity index (χ4v) is 0.478. The molecule has 0 aromatic heterocycles. The molecular weight excluding hydrogens is 192 g/mol. The number of hydrogen-bond acceptors (Lipinski definition) is 4. The van der Waals surface area contributed by atoms with Gasteiger partial charge in [0, 0.05) is 6.54 Å². The number of nitrogens with two attached hydrogens (primary N) is 2. The highest BCUT2D eigenvalue weighted by molar-refractivity contribution is 5.85. The standard InChI is InChI=1S/C8H18N2O2.ClH/c1-7(2,3)12-6(11)8(4,10)5-9;/h5,9-10H2,1-4H3;1H. The van der Waals surface area contributed by atoms with Crippen LogP contribution in [0.1, 0.15) is 27.7 Å². The van der Waals surface area contributed by atoms with Crippen molar-refractivity contribution in [3.05, 3.63) is 0 Å². The summed E-state index contributed by atoms with van der Waals surface area (Å²) < 4.78 is 5.05. The Morgan fingerprint density at radius 3 is 1.92 bits per heavy atom. The summed E-state index contributed by atoms with van der Waals surface area (Å²) in [5.74, 6) is -0.461. The van der Waals surface area contributed by atoms with Crippen LogP contribution in [0.2, 0.25) is 0 Å². The SMILES string of the molecule is CC(C)(C)OC(=O)C(C)(N)CN.Cl. The molecule has 0 aliphatic heterocycles. The Labute approximate surface area is 85.4 Å². The van der Waals surface area contributed by atoms with E-state index in [0.29, 0.717) is 0 Å². The Balaban J connectivity index is 0. The molecule has 4 N–H and O–H groups in total. The average Bonchev–Trinajstić information content (AvgIpc) is 1.84. The zero-order valence-electron chi connectivity index (χ0n) is 8.59. The van der Waals surface area contributed by atoms with Crippen molar-refractivity contribution >= 4 is 18.4 Å². The zero-order chi connectivity index (χ0) is 9.99. The number of carbonyl (C=O) groups excluding carboxylic acids is 1. The van der Waals surface area contributed by atoms with E-state index in [1.165, 1.54) is 0 Å². The van der Waals surface area contributed by atoms with Crippen molar-refractivity contribution < 1.29 is 9.53 Å². The van der Waals surface area contributed by atoms with Crippen LogP contribution in [0.3, 0.4) is 0 Å². The molecule has 0 radical (unpaired) electrons. The summed E-state index contributed by atoms with van der Waals surface area (Å²) in [5.41, 5.74) is 9.28. The number of esters is 1. The molecule has 0 saturated carbocycles. The summed E-state index contributed by atoms with van der Waals surface area (Å²) in [6, 6.07) is 0. The Kier molecular flexibility index (Phi) is 5.59. The van der Waals surface area contributed by atoms with E-state index in [0.717, 1.165) is 0 Å². The fourth-order valence-electron chi connectivity index (χ4n) is 0.478. The van der Waals surface area contributed by atoms with Crippen LogP contribution < -0.4 is 11.5 Å². The minimum absolute atomic E-state index is 0. The second-order valence-electron chi connectivity index (χ2n) is 4.12. The van der Waals surface area contributed by atoms with Gasteiger partial charge in [-0.25, -0.2) is 4.79 Å². The Hall–Kier alpha value is -0.320. The van der Waals surface area contributed by atoms with E-state index in [-0.39, 0.29) is 19.0 Å². The lowest BCUT2D eigenvalue weighted by Gasteiger charge is -2.27. The molecule has 0 spiro atoms. The number of ether oxygens (including phenoxy) is 1. The second-order valence-corrected chi connectivity index (χ2v) is 4.12. The number of rotatable bonds is 2. The number of hydrogen-bond donors (Lipinski definition) is 2.